The number of nitro groups is 1. The van der Waals surface area contributed by atoms with Gasteiger partial charge in [0.2, 0.25) is 0 Å². The van der Waals surface area contributed by atoms with Crippen LogP contribution in [0.2, 0.25) is 5.02 Å². The molecule has 18 heavy (non-hydrogen) atoms. The summed E-state index contributed by atoms with van der Waals surface area (Å²) in [6.45, 7) is 7.31. The Hall–Kier alpha value is -1.33. The average molecular weight is 273 g/mol. The molecular weight excluding hydrogens is 256 g/mol. The first-order valence-corrected chi connectivity index (χ1v) is 5.99. The van der Waals surface area contributed by atoms with Crippen molar-refractivity contribution in [2.24, 2.45) is 0 Å². The molecule has 1 rings (SSSR count). The van der Waals surface area contributed by atoms with Crippen molar-refractivity contribution in [2.45, 2.75) is 26.3 Å². The highest BCUT2D eigenvalue weighted by Gasteiger charge is 2.11. The molecule has 1 aromatic carbocycles. The van der Waals surface area contributed by atoms with Crippen molar-refractivity contribution >= 4 is 17.3 Å². The van der Waals surface area contributed by atoms with Crippen LogP contribution in [0.3, 0.4) is 0 Å². The quantitative estimate of drug-likeness (QED) is 0.508. The van der Waals surface area contributed by atoms with Crippen molar-refractivity contribution in [3.05, 3.63) is 33.3 Å². The van der Waals surface area contributed by atoms with Crippen LogP contribution in [0.25, 0.3) is 0 Å². The maximum atomic E-state index is 10.5. The minimum atomic E-state index is -0.489. The summed E-state index contributed by atoms with van der Waals surface area (Å²) in [5, 5.41) is 14.0. The van der Waals surface area contributed by atoms with Gasteiger partial charge in [0.15, 0.2) is 0 Å². The summed E-state index contributed by atoms with van der Waals surface area (Å²) >= 11 is 5.89. The van der Waals surface area contributed by atoms with Gasteiger partial charge in [0.05, 0.1) is 9.95 Å². The maximum Gasteiger partial charge on any atom is 0.271 e. The second-order valence-electron chi connectivity index (χ2n) is 4.90. The van der Waals surface area contributed by atoms with E-state index >= 15 is 0 Å². The minimum absolute atomic E-state index is 0.0304. The first-order valence-electron chi connectivity index (χ1n) is 5.61. The van der Waals surface area contributed by atoms with E-state index in [0.717, 1.165) is 0 Å². The van der Waals surface area contributed by atoms with Gasteiger partial charge in [-0.05, 0) is 26.8 Å². The second-order valence-corrected chi connectivity index (χ2v) is 5.30. The van der Waals surface area contributed by atoms with Crippen LogP contribution in [0.15, 0.2) is 18.2 Å². The lowest BCUT2D eigenvalue weighted by molar-refractivity contribution is -0.384. The molecule has 0 unspecified atom stereocenters. The molecule has 0 saturated carbocycles. The maximum absolute atomic E-state index is 10.5. The molecule has 0 aliphatic carbocycles. The number of ether oxygens (including phenoxy) is 1. The standard InChI is InChI=1S/C12H17ClN2O3/c1-12(2,3)14-6-7-18-11-5-4-9(15(16)17)8-10(11)13/h4-5,8,14H,6-7H2,1-3H3. The smallest absolute Gasteiger partial charge is 0.271 e. The number of hydrogen-bond donors (Lipinski definition) is 1. The lowest BCUT2D eigenvalue weighted by Crippen LogP contribution is -2.38. The molecule has 100 valence electrons. The first kappa shape index (κ1) is 14.7. The Labute approximate surface area is 111 Å². The van der Waals surface area contributed by atoms with Crippen LogP contribution in [0.4, 0.5) is 5.69 Å². The largest absolute Gasteiger partial charge is 0.491 e. The van der Waals surface area contributed by atoms with Gasteiger partial charge in [-0.3, -0.25) is 10.1 Å². The SMILES string of the molecule is CC(C)(C)NCCOc1ccc([N+](=O)[O-])cc1Cl. The molecule has 0 atom stereocenters. The van der Waals surface area contributed by atoms with E-state index in [4.69, 9.17) is 16.3 Å². The molecule has 0 aromatic heterocycles. The molecule has 6 heteroatoms. The van der Waals surface area contributed by atoms with Crippen molar-refractivity contribution in [3.63, 3.8) is 0 Å². The van der Waals surface area contributed by atoms with E-state index in [0.29, 0.717) is 18.9 Å². The molecule has 0 saturated heterocycles. The summed E-state index contributed by atoms with van der Waals surface area (Å²) in [5.74, 6) is 0.456. The van der Waals surface area contributed by atoms with Gasteiger partial charge >= 0.3 is 0 Å². The van der Waals surface area contributed by atoms with Gasteiger partial charge in [0.25, 0.3) is 5.69 Å². The van der Waals surface area contributed by atoms with E-state index in [1.165, 1.54) is 18.2 Å². The molecule has 0 amide bonds. The number of nitrogens with one attached hydrogen (secondary N) is 1. The van der Waals surface area contributed by atoms with E-state index in [2.05, 4.69) is 26.1 Å². The zero-order chi connectivity index (χ0) is 13.8. The summed E-state index contributed by atoms with van der Waals surface area (Å²) in [6, 6.07) is 4.17. The Balaban J connectivity index is 2.51. The number of halogens is 1. The fourth-order valence-electron chi connectivity index (χ4n) is 1.31. The van der Waals surface area contributed by atoms with Gasteiger partial charge in [-0.2, -0.15) is 0 Å². The Bertz CT molecular complexity index is 430. The van der Waals surface area contributed by atoms with Crippen molar-refractivity contribution in [3.8, 4) is 5.75 Å². The van der Waals surface area contributed by atoms with Crippen molar-refractivity contribution in [2.75, 3.05) is 13.2 Å². The van der Waals surface area contributed by atoms with E-state index in [1.54, 1.807) is 0 Å². The van der Waals surface area contributed by atoms with E-state index in [-0.39, 0.29) is 16.2 Å². The molecular formula is C12H17ClN2O3. The third kappa shape index (κ3) is 4.89. The summed E-state index contributed by atoms with van der Waals surface area (Å²) in [5.41, 5.74) is -0.0111. The van der Waals surface area contributed by atoms with Gasteiger partial charge in [0.1, 0.15) is 12.4 Å². The molecule has 0 bridgehead atoms. The number of nitro benzene ring substituents is 1. The third-order valence-electron chi connectivity index (χ3n) is 2.14. The topological polar surface area (TPSA) is 64.4 Å². The number of benzene rings is 1. The van der Waals surface area contributed by atoms with Crippen LogP contribution < -0.4 is 10.1 Å². The van der Waals surface area contributed by atoms with E-state index < -0.39 is 4.92 Å². The zero-order valence-corrected chi connectivity index (χ0v) is 11.5. The van der Waals surface area contributed by atoms with Crippen molar-refractivity contribution in [1.82, 2.24) is 5.32 Å². The van der Waals surface area contributed by atoms with Crippen molar-refractivity contribution < 1.29 is 9.66 Å². The second kappa shape index (κ2) is 6.02. The van der Waals surface area contributed by atoms with Gasteiger partial charge in [-0.25, -0.2) is 0 Å². The zero-order valence-electron chi connectivity index (χ0n) is 10.7. The van der Waals surface area contributed by atoms with Gasteiger partial charge in [-0.1, -0.05) is 11.6 Å². The Kier molecular flexibility index (Phi) is 4.93. The minimum Gasteiger partial charge on any atom is -0.491 e. The van der Waals surface area contributed by atoms with Crippen LogP contribution in [0.5, 0.6) is 5.75 Å². The lowest BCUT2D eigenvalue weighted by Gasteiger charge is -2.20. The molecule has 0 heterocycles. The number of nitrogens with zero attached hydrogens (tertiary/aromatic N) is 1. The van der Waals surface area contributed by atoms with Crippen LogP contribution in [-0.4, -0.2) is 23.6 Å². The summed E-state index contributed by atoms with van der Waals surface area (Å²) < 4.78 is 5.45. The lowest BCUT2D eigenvalue weighted by atomic mass is 10.1. The van der Waals surface area contributed by atoms with Crippen LogP contribution >= 0.6 is 11.6 Å². The summed E-state index contributed by atoms with van der Waals surface area (Å²) in [4.78, 5) is 10.0. The normalized spacial score (nSPS) is 11.3. The highest BCUT2D eigenvalue weighted by atomic mass is 35.5. The Morgan fingerprint density at radius 2 is 2.11 bits per heavy atom. The third-order valence-corrected chi connectivity index (χ3v) is 2.44. The first-order chi connectivity index (χ1) is 8.29. The number of rotatable bonds is 5. The molecule has 1 N–H and O–H groups in total. The Morgan fingerprint density at radius 1 is 1.44 bits per heavy atom. The van der Waals surface area contributed by atoms with Crippen LogP contribution in [-0.2, 0) is 0 Å². The van der Waals surface area contributed by atoms with E-state index in [9.17, 15) is 10.1 Å². The van der Waals surface area contributed by atoms with Gasteiger partial charge in [-0.15, -0.1) is 0 Å². The molecule has 1 aromatic rings. The monoisotopic (exact) mass is 272 g/mol. The van der Waals surface area contributed by atoms with Gasteiger partial charge in [0, 0.05) is 24.2 Å². The fourth-order valence-corrected chi connectivity index (χ4v) is 1.54. The number of hydrogen-bond acceptors (Lipinski definition) is 4. The molecule has 0 spiro atoms. The molecule has 5 nitrogen and oxygen atoms in total. The summed E-state index contributed by atoms with van der Waals surface area (Å²) in [7, 11) is 0. The molecule has 0 fully saturated rings. The summed E-state index contributed by atoms with van der Waals surface area (Å²) in [6.07, 6.45) is 0. The van der Waals surface area contributed by atoms with Gasteiger partial charge < -0.3 is 10.1 Å². The fraction of sp³-hybridized carbons (Fsp3) is 0.500. The average Bonchev–Trinajstić information content (AvgIpc) is 2.24. The Morgan fingerprint density at radius 3 is 2.61 bits per heavy atom. The predicted molar refractivity (Wildman–Crippen MR) is 71.4 cm³/mol. The molecule has 0 aliphatic heterocycles. The predicted octanol–water partition coefficient (Wildman–Crippen LogP) is 3.02. The van der Waals surface area contributed by atoms with Crippen molar-refractivity contribution in [1.29, 1.82) is 0 Å². The van der Waals surface area contributed by atoms with Crippen LogP contribution in [0.1, 0.15) is 20.8 Å². The highest BCUT2D eigenvalue weighted by molar-refractivity contribution is 6.32. The van der Waals surface area contributed by atoms with Crippen LogP contribution in [0, 0.1) is 10.1 Å². The molecule has 0 radical (unpaired) electrons. The highest BCUT2D eigenvalue weighted by Crippen LogP contribution is 2.28. The number of non-ortho nitro benzene ring substituents is 1. The molecule has 0 aliphatic rings. The van der Waals surface area contributed by atoms with E-state index in [1.807, 2.05) is 0 Å².